The molecule has 0 spiro atoms. The van der Waals surface area contributed by atoms with Crippen LogP contribution in [0.4, 0.5) is 0 Å². The summed E-state index contributed by atoms with van der Waals surface area (Å²) < 4.78 is 10.7. The Morgan fingerprint density at radius 1 is 1.56 bits per heavy atom. The van der Waals surface area contributed by atoms with Gasteiger partial charge in [-0.15, -0.1) is 0 Å². The first-order valence-electron chi connectivity index (χ1n) is 5.26. The van der Waals surface area contributed by atoms with Crippen LogP contribution >= 0.6 is 11.6 Å². The van der Waals surface area contributed by atoms with Crippen molar-refractivity contribution in [3.05, 3.63) is 28.8 Å². The first kappa shape index (κ1) is 11.7. The molecule has 0 radical (unpaired) electrons. The number of ether oxygens (including phenoxy) is 2. The van der Waals surface area contributed by atoms with Gasteiger partial charge in [-0.1, -0.05) is 11.6 Å². The Morgan fingerprint density at radius 3 is 2.88 bits per heavy atom. The summed E-state index contributed by atoms with van der Waals surface area (Å²) in [5.74, 6) is 0.643. The van der Waals surface area contributed by atoms with Crippen LogP contribution in [0.15, 0.2) is 18.2 Å². The molecule has 1 saturated heterocycles. The first-order chi connectivity index (χ1) is 7.58. The van der Waals surface area contributed by atoms with E-state index in [-0.39, 0.29) is 6.10 Å². The molecular weight excluding hydrogens is 228 g/mol. The quantitative estimate of drug-likeness (QED) is 0.865. The molecule has 0 amide bonds. The molecule has 1 aliphatic heterocycles. The van der Waals surface area contributed by atoms with Crippen LogP contribution in [0.2, 0.25) is 5.02 Å². The summed E-state index contributed by atoms with van der Waals surface area (Å²) in [6.45, 7) is 2.40. The van der Waals surface area contributed by atoms with Gasteiger partial charge in [0.05, 0.1) is 19.8 Å². The molecule has 0 saturated carbocycles. The maximum atomic E-state index is 10.6. The fourth-order valence-corrected chi connectivity index (χ4v) is 2.28. The minimum absolute atomic E-state index is 0.250. The monoisotopic (exact) mass is 242 g/mol. The molecule has 4 heteroatoms. The molecule has 2 atom stereocenters. The summed E-state index contributed by atoms with van der Waals surface area (Å²) in [4.78, 5) is 0. The molecule has 1 aromatic carbocycles. The van der Waals surface area contributed by atoms with Crippen molar-refractivity contribution in [3.63, 3.8) is 0 Å². The standard InChI is InChI=1S/C12H15ClO3/c1-8-12(14,5-6-16-8)10-7-9(13)3-4-11(10)15-2/h3-4,7-8,14H,5-6H2,1-2H3. The topological polar surface area (TPSA) is 38.7 Å². The second-order valence-electron chi connectivity index (χ2n) is 4.03. The number of halogens is 1. The second kappa shape index (κ2) is 4.24. The molecule has 1 N–H and O–H groups in total. The number of hydrogen-bond acceptors (Lipinski definition) is 3. The zero-order valence-corrected chi connectivity index (χ0v) is 10.1. The van der Waals surface area contributed by atoms with Gasteiger partial charge in [0.15, 0.2) is 0 Å². The molecule has 1 aliphatic rings. The molecule has 0 bridgehead atoms. The first-order valence-corrected chi connectivity index (χ1v) is 5.63. The average Bonchev–Trinajstić information content (AvgIpc) is 2.60. The zero-order valence-electron chi connectivity index (χ0n) is 9.37. The van der Waals surface area contributed by atoms with E-state index in [0.717, 1.165) is 0 Å². The third-order valence-corrected chi connectivity index (χ3v) is 3.39. The van der Waals surface area contributed by atoms with Gasteiger partial charge in [0.25, 0.3) is 0 Å². The van der Waals surface area contributed by atoms with Crippen LogP contribution < -0.4 is 4.74 Å². The molecule has 16 heavy (non-hydrogen) atoms. The molecule has 0 aromatic heterocycles. The number of rotatable bonds is 2. The highest BCUT2D eigenvalue weighted by Gasteiger charge is 2.43. The van der Waals surface area contributed by atoms with Crippen molar-refractivity contribution in [2.45, 2.75) is 25.0 Å². The molecule has 1 fully saturated rings. The highest BCUT2D eigenvalue weighted by atomic mass is 35.5. The lowest BCUT2D eigenvalue weighted by Crippen LogP contribution is -2.33. The fraction of sp³-hybridized carbons (Fsp3) is 0.500. The van der Waals surface area contributed by atoms with Crippen molar-refractivity contribution in [1.82, 2.24) is 0 Å². The van der Waals surface area contributed by atoms with E-state index in [9.17, 15) is 5.11 Å². The molecule has 2 unspecified atom stereocenters. The van der Waals surface area contributed by atoms with Crippen LogP contribution in [-0.2, 0) is 10.3 Å². The summed E-state index contributed by atoms with van der Waals surface area (Å²) in [6, 6.07) is 5.25. The smallest absolute Gasteiger partial charge is 0.125 e. The van der Waals surface area contributed by atoms with Crippen molar-refractivity contribution >= 4 is 11.6 Å². The van der Waals surface area contributed by atoms with Crippen molar-refractivity contribution in [2.75, 3.05) is 13.7 Å². The zero-order chi connectivity index (χ0) is 11.8. The second-order valence-corrected chi connectivity index (χ2v) is 4.47. The third-order valence-electron chi connectivity index (χ3n) is 3.15. The lowest BCUT2D eigenvalue weighted by molar-refractivity contribution is -0.0330. The third kappa shape index (κ3) is 1.79. The number of benzene rings is 1. The molecule has 1 heterocycles. The predicted octanol–water partition coefficient (Wildman–Crippen LogP) is 2.34. The Labute approximate surface area is 99.9 Å². The average molecular weight is 243 g/mol. The van der Waals surface area contributed by atoms with Gasteiger partial charge in [-0.2, -0.15) is 0 Å². The molecular formula is C12H15ClO3. The Hall–Kier alpha value is -0.770. The van der Waals surface area contributed by atoms with Crippen molar-refractivity contribution in [2.24, 2.45) is 0 Å². The van der Waals surface area contributed by atoms with Crippen LogP contribution in [0, 0.1) is 0 Å². The number of aliphatic hydroxyl groups is 1. The largest absolute Gasteiger partial charge is 0.496 e. The van der Waals surface area contributed by atoms with E-state index in [0.29, 0.717) is 29.4 Å². The van der Waals surface area contributed by atoms with E-state index in [1.165, 1.54) is 0 Å². The van der Waals surface area contributed by atoms with Gasteiger partial charge in [0, 0.05) is 17.0 Å². The lowest BCUT2D eigenvalue weighted by Gasteiger charge is -2.28. The van der Waals surface area contributed by atoms with Crippen molar-refractivity contribution < 1.29 is 14.6 Å². The lowest BCUT2D eigenvalue weighted by atomic mass is 9.87. The van der Waals surface area contributed by atoms with E-state index in [4.69, 9.17) is 21.1 Å². The Kier molecular flexibility index (Phi) is 3.10. The van der Waals surface area contributed by atoms with Gasteiger partial charge < -0.3 is 14.6 Å². The van der Waals surface area contributed by atoms with Crippen LogP contribution in [-0.4, -0.2) is 24.9 Å². The van der Waals surface area contributed by atoms with Gasteiger partial charge in [-0.3, -0.25) is 0 Å². The van der Waals surface area contributed by atoms with E-state index in [1.54, 1.807) is 25.3 Å². The van der Waals surface area contributed by atoms with E-state index in [1.807, 2.05) is 6.92 Å². The highest BCUT2D eigenvalue weighted by molar-refractivity contribution is 6.30. The van der Waals surface area contributed by atoms with E-state index >= 15 is 0 Å². The molecule has 0 aliphatic carbocycles. The Bertz CT molecular complexity index is 394. The fourth-order valence-electron chi connectivity index (χ4n) is 2.10. The molecule has 2 rings (SSSR count). The van der Waals surface area contributed by atoms with Crippen LogP contribution in [0.25, 0.3) is 0 Å². The molecule has 1 aromatic rings. The van der Waals surface area contributed by atoms with Crippen molar-refractivity contribution in [1.29, 1.82) is 0 Å². The number of hydrogen-bond donors (Lipinski definition) is 1. The minimum Gasteiger partial charge on any atom is -0.496 e. The van der Waals surface area contributed by atoms with E-state index < -0.39 is 5.60 Å². The van der Waals surface area contributed by atoms with Crippen LogP contribution in [0.5, 0.6) is 5.75 Å². The van der Waals surface area contributed by atoms with Crippen LogP contribution in [0.3, 0.4) is 0 Å². The number of methoxy groups -OCH3 is 1. The normalized spacial score (nSPS) is 29.4. The predicted molar refractivity (Wildman–Crippen MR) is 61.9 cm³/mol. The Balaban J connectivity index is 2.49. The van der Waals surface area contributed by atoms with Gasteiger partial charge in [-0.05, 0) is 25.1 Å². The molecule has 88 valence electrons. The summed E-state index contributed by atoms with van der Waals surface area (Å²) in [5.41, 5.74) is -0.302. The van der Waals surface area contributed by atoms with Crippen LogP contribution in [0.1, 0.15) is 18.9 Å². The summed E-state index contributed by atoms with van der Waals surface area (Å²) >= 11 is 5.95. The highest BCUT2D eigenvalue weighted by Crippen LogP contribution is 2.41. The van der Waals surface area contributed by atoms with Gasteiger partial charge in [-0.25, -0.2) is 0 Å². The maximum absolute atomic E-state index is 10.6. The van der Waals surface area contributed by atoms with Gasteiger partial charge in [0.1, 0.15) is 11.4 Å². The van der Waals surface area contributed by atoms with Gasteiger partial charge >= 0.3 is 0 Å². The molecule has 3 nitrogen and oxygen atoms in total. The summed E-state index contributed by atoms with van der Waals surface area (Å²) in [7, 11) is 1.58. The van der Waals surface area contributed by atoms with E-state index in [2.05, 4.69) is 0 Å². The Morgan fingerprint density at radius 2 is 2.31 bits per heavy atom. The summed E-state index contributed by atoms with van der Waals surface area (Å²) in [6.07, 6.45) is 0.310. The van der Waals surface area contributed by atoms with Crippen molar-refractivity contribution in [3.8, 4) is 5.75 Å². The van der Waals surface area contributed by atoms with Gasteiger partial charge in [0.2, 0.25) is 0 Å². The minimum atomic E-state index is -1.00. The maximum Gasteiger partial charge on any atom is 0.125 e. The SMILES string of the molecule is COc1ccc(Cl)cc1C1(O)CCOC1C. The summed E-state index contributed by atoms with van der Waals surface area (Å²) in [5, 5.41) is 11.2.